The van der Waals surface area contributed by atoms with Gasteiger partial charge in [-0.15, -0.1) is 0 Å². The number of aliphatic hydroxyl groups excluding tert-OH is 1. The second kappa shape index (κ2) is 47.4. The molecule has 0 spiro atoms. The Morgan fingerprint density at radius 1 is 0.508 bits per heavy atom. The minimum Gasteiger partial charge on any atom is -0.463 e. The van der Waals surface area contributed by atoms with Crippen LogP contribution in [0.2, 0.25) is 0 Å². The lowest BCUT2D eigenvalue weighted by Crippen LogP contribution is -2.27. The minimum absolute atomic E-state index is 0.0798. The van der Waals surface area contributed by atoms with Crippen LogP contribution in [0.3, 0.4) is 0 Å². The fraction of sp³-hybridized carbons (Fsp3) is 0.804. The zero-order valence-electron chi connectivity index (χ0n) is 39.4. The fourth-order valence-electron chi connectivity index (χ4n) is 6.91. The van der Waals surface area contributed by atoms with E-state index < -0.39 is 26.5 Å². The first-order valence-corrected chi connectivity index (χ1v) is 26.6. The van der Waals surface area contributed by atoms with E-state index in [2.05, 4.69) is 67.8 Å². The number of rotatable bonds is 47. The van der Waals surface area contributed by atoms with E-state index in [9.17, 15) is 24.2 Å². The summed E-state index contributed by atoms with van der Waals surface area (Å²) in [5.41, 5.74) is 0. The predicted molar refractivity (Wildman–Crippen MR) is 257 cm³/mol. The van der Waals surface area contributed by atoms with Crippen LogP contribution in [0.5, 0.6) is 0 Å². The van der Waals surface area contributed by atoms with Gasteiger partial charge in [-0.3, -0.25) is 18.6 Å². The van der Waals surface area contributed by atoms with Crippen LogP contribution in [0.4, 0.5) is 0 Å². The van der Waals surface area contributed by atoms with E-state index in [-0.39, 0.29) is 32.1 Å². The van der Waals surface area contributed by atoms with Crippen LogP contribution >= 0.6 is 7.82 Å². The number of nitrogens with one attached hydrogen (secondary N) is 1. The van der Waals surface area contributed by atoms with Crippen molar-refractivity contribution in [3.05, 3.63) is 48.6 Å². The van der Waals surface area contributed by atoms with E-state index in [0.717, 1.165) is 51.4 Å². The van der Waals surface area contributed by atoms with E-state index in [4.69, 9.17) is 13.8 Å². The Bertz CT molecular complexity index is 1140. The topological polar surface area (TPSA) is 131 Å². The highest BCUT2D eigenvalue weighted by Gasteiger charge is 2.23. The summed E-state index contributed by atoms with van der Waals surface area (Å²) in [6, 6.07) is 0. The van der Waals surface area contributed by atoms with Gasteiger partial charge >= 0.3 is 13.8 Å². The van der Waals surface area contributed by atoms with Gasteiger partial charge in [0, 0.05) is 19.4 Å². The van der Waals surface area contributed by atoms with Gasteiger partial charge in [-0.05, 0) is 77.0 Å². The highest BCUT2D eigenvalue weighted by molar-refractivity contribution is 7.47. The zero-order chi connectivity index (χ0) is 44.6. The van der Waals surface area contributed by atoms with Crippen molar-refractivity contribution >= 4 is 19.7 Å². The van der Waals surface area contributed by atoms with E-state index in [0.29, 0.717) is 6.42 Å². The van der Waals surface area contributed by atoms with Crippen molar-refractivity contribution in [2.45, 2.75) is 238 Å². The van der Waals surface area contributed by atoms with Crippen LogP contribution in [0, 0.1) is 0 Å². The van der Waals surface area contributed by atoms with Crippen molar-refractivity contribution in [3.63, 3.8) is 0 Å². The number of hydrogen-bond acceptors (Lipinski definition) is 7. The molecule has 0 saturated carbocycles. The Morgan fingerprint density at radius 3 is 1.31 bits per heavy atom. The molecule has 0 aliphatic carbocycles. The number of ether oxygens (including phenoxy) is 1. The third kappa shape index (κ3) is 48.9. The molecular weight excluding hydrogens is 786 g/mol. The minimum atomic E-state index is -4.42. The maximum atomic E-state index is 12.1. The van der Waals surface area contributed by atoms with Crippen molar-refractivity contribution in [1.29, 1.82) is 0 Å². The van der Waals surface area contributed by atoms with Gasteiger partial charge in [-0.25, -0.2) is 4.57 Å². The van der Waals surface area contributed by atoms with Crippen LogP contribution in [0.1, 0.15) is 232 Å². The number of aliphatic hydroxyl groups is 1. The molecule has 356 valence electrons. The van der Waals surface area contributed by atoms with Crippen molar-refractivity contribution in [1.82, 2.24) is 5.32 Å². The van der Waals surface area contributed by atoms with Crippen LogP contribution in [-0.2, 0) is 27.9 Å². The molecule has 0 aliphatic rings. The molecule has 0 rings (SSSR count). The summed E-state index contributed by atoms with van der Waals surface area (Å²) in [5, 5.41) is 12.7. The number of carbonyl (C=O) groups excluding carboxylic acids is 2. The van der Waals surface area contributed by atoms with Gasteiger partial charge in [-0.1, -0.05) is 191 Å². The molecule has 1 amide bonds. The van der Waals surface area contributed by atoms with E-state index in [1.165, 1.54) is 154 Å². The summed E-state index contributed by atoms with van der Waals surface area (Å²) < 4.78 is 27.0. The number of esters is 1. The van der Waals surface area contributed by atoms with E-state index >= 15 is 0 Å². The van der Waals surface area contributed by atoms with Crippen molar-refractivity contribution < 1.29 is 37.9 Å². The lowest BCUT2D eigenvalue weighted by atomic mass is 10.0. The largest absolute Gasteiger partial charge is 0.472 e. The molecule has 10 heteroatoms. The van der Waals surface area contributed by atoms with Gasteiger partial charge in [0.25, 0.3) is 0 Å². The number of carbonyl (C=O) groups is 2. The second-order valence-corrected chi connectivity index (χ2v) is 18.2. The SMILES string of the molecule is CCCCC/C=C\C/C=C\CCCCCCCCCCCCCC(=O)NCCOP(=O)(O)OCC(O)COC(=O)CCCCCCCCCCC/C=C\C/C=C\CCCCC. The van der Waals surface area contributed by atoms with E-state index in [1.807, 2.05) is 0 Å². The van der Waals surface area contributed by atoms with Crippen molar-refractivity contribution in [3.8, 4) is 0 Å². The molecule has 0 fully saturated rings. The molecule has 61 heavy (non-hydrogen) atoms. The molecule has 0 aromatic rings. The quantitative estimate of drug-likeness (QED) is 0.0238. The summed E-state index contributed by atoms with van der Waals surface area (Å²) in [5.74, 6) is -0.519. The van der Waals surface area contributed by atoms with Gasteiger partial charge in [0.1, 0.15) is 12.7 Å². The summed E-state index contributed by atoms with van der Waals surface area (Å²) >= 11 is 0. The van der Waals surface area contributed by atoms with Crippen LogP contribution in [0.15, 0.2) is 48.6 Å². The molecule has 0 saturated heterocycles. The van der Waals surface area contributed by atoms with E-state index in [1.54, 1.807) is 0 Å². The van der Waals surface area contributed by atoms with Gasteiger partial charge in [0.05, 0.1) is 13.2 Å². The summed E-state index contributed by atoms with van der Waals surface area (Å²) in [6.45, 7) is 3.52. The molecule has 2 atom stereocenters. The lowest BCUT2D eigenvalue weighted by Gasteiger charge is -2.15. The first kappa shape index (κ1) is 59.0. The molecule has 0 aromatic heterocycles. The molecule has 0 radical (unpaired) electrons. The van der Waals surface area contributed by atoms with Crippen LogP contribution < -0.4 is 5.32 Å². The number of unbranched alkanes of at least 4 members (excludes halogenated alkanes) is 26. The predicted octanol–water partition coefficient (Wildman–Crippen LogP) is 14.7. The maximum Gasteiger partial charge on any atom is 0.472 e. The average molecular weight is 880 g/mol. The average Bonchev–Trinajstić information content (AvgIpc) is 3.25. The van der Waals surface area contributed by atoms with Crippen LogP contribution in [-0.4, -0.2) is 54.3 Å². The monoisotopic (exact) mass is 880 g/mol. The summed E-state index contributed by atoms with van der Waals surface area (Å²) in [6.07, 6.45) is 56.1. The smallest absolute Gasteiger partial charge is 0.463 e. The number of phosphoric ester groups is 1. The Labute approximate surface area is 375 Å². The number of amides is 1. The molecule has 9 nitrogen and oxygen atoms in total. The molecule has 0 heterocycles. The molecule has 0 aromatic carbocycles. The maximum absolute atomic E-state index is 12.1. The summed E-state index contributed by atoms with van der Waals surface area (Å²) in [4.78, 5) is 34.1. The second-order valence-electron chi connectivity index (χ2n) is 16.8. The Morgan fingerprint density at radius 2 is 0.885 bits per heavy atom. The molecule has 0 bridgehead atoms. The van der Waals surface area contributed by atoms with Gasteiger partial charge in [0.15, 0.2) is 0 Å². The number of hydrogen-bond donors (Lipinski definition) is 3. The van der Waals surface area contributed by atoms with Gasteiger partial charge in [-0.2, -0.15) is 0 Å². The number of allylic oxidation sites excluding steroid dienone is 8. The third-order valence-corrected chi connectivity index (χ3v) is 11.7. The Balaban J connectivity index is 3.56. The first-order chi connectivity index (χ1) is 29.8. The van der Waals surface area contributed by atoms with Gasteiger partial charge in [0.2, 0.25) is 5.91 Å². The van der Waals surface area contributed by atoms with Crippen molar-refractivity contribution in [2.24, 2.45) is 0 Å². The number of phosphoric acid groups is 1. The molecular formula is C51H94NO8P. The highest BCUT2D eigenvalue weighted by Crippen LogP contribution is 2.42. The molecule has 3 N–H and O–H groups in total. The highest BCUT2D eigenvalue weighted by atomic mass is 31.2. The van der Waals surface area contributed by atoms with Crippen molar-refractivity contribution in [2.75, 3.05) is 26.4 Å². The van der Waals surface area contributed by atoms with Crippen LogP contribution in [0.25, 0.3) is 0 Å². The lowest BCUT2D eigenvalue weighted by molar-refractivity contribution is -0.147. The summed E-state index contributed by atoms with van der Waals surface area (Å²) in [7, 11) is -4.42. The normalized spacial score (nSPS) is 13.6. The Hall–Kier alpha value is -2.03. The Kier molecular flexibility index (Phi) is 45.9. The standard InChI is InChI=1S/C51H94NO8P/c1-3-5-7-9-11-13-15-17-19-21-23-24-26-27-29-31-33-35-37-39-41-43-50(54)52-45-46-59-61(56,57)60-48-49(53)47-58-51(55)44-42-40-38-36-34-32-30-28-25-22-20-18-16-14-12-10-8-6-4-2/h11-14,17-20,49,53H,3-10,15-16,21-48H2,1-2H3,(H,52,54)(H,56,57)/b13-11-,14-12-,19-17-,20-18-. The first-order valence-electron chi connectivity index (χ1n) is 25.1. The fourth-order valence-corrected chi connectivity index (χ4v) is 7.67. The zero-order valence-corrected chi connectivity index (χ0v) is 40.3. The third-order valence-electron chi connectivity index (χ3n) is 10.7. The molecule has 2 unspecified atom stereocenters. The van der Waals surface area contributed by atoms with Gasteiger partial charge < -0.3 is 20.1 Å². The molecule has 0 aliphatic heterocycles.